The van der Waals surface area contributed by atoms with E-state index in [-0.39, 0.29) is 10.2 Å². The number of nitrogens with zero attached hydrogens (tertiary/aromatic N) is 3. The van der Waals surface area contributed by atoms with Gasteiger partial charge in [-0.05, 0) is 32.0 Å². The molecule has 0 bridgehead atoms. The molecule has 0 spiro atoms. The lowest BCUT2D eigenvalue weighted by Gasteiger charge is -2.13. The summed E-state index contributed by atoms with van der Waals surface area (Å²) in [5.41, 5.74) is 5.16. The summed E-state index contributed by atoms with van der Waals surface area (Å²) in [5, 5.41) is 7.68. The van der Waals surface area contributed by atoms with E-state index in [4.69, 9.17) is 5.73 Å². The van der Waals surface area contributed by atoms with E-state index in [0.29, 0.717) is 5.69 Å². The van der Waals surface area contributed by atoms with Crippen molar-refractivity contribution >= 4 is 15.9 Å². The molecule has 0 atom stereocenters. The van der Waals surface area contributed by atoms with Crippen LogP contribution in [-0.2, 0) is 11.7 Å². The van der Waals surface area contributed by atoms with Gasteiger partial charge in [0.15, 0.2) is 0 Å². The minimum atomic E-state index is -4.44. The molecule has 1 heterocycles. The van der Waals surface area contributed by atoms with Gasteiger partial charge in [-0.15, -0.1) is 5.10 Å². The third-order valence-electron chi connectivity index (χ3n) is 2.67. The number of halogens is 4. The van der Waals surface area contributed by atoms with E-state index in [1.807, 2.05) is 0 Å². The van der Waals surface area contributed by atoms with Crippen LogP contribution in [0, 0.1) is 0 Å². The molecule has 2 rings (SSSR count). The van der Waals surface area contributed by atoms with E-state index < -0.39 is 17.3 Å². The van der Waals surface area contributed by atoms with Gasteiger partial charge in [-0.1, -0.05) is 21.1 Å². The molecular weight excluding hydrogens is 337 g/mol. The van der Waals surface area contributed by atoms with Gasteiger partial charge in [0.25, 0.3) is 0 Å². The number of hydrogen-bond donors (Lipinski definition) is 1. The molecule has 108 valence electrons. The Bertz CT molecular complexity index is 628. The molecule has 0 aliphatic heterocycles. The Balaban J connectivity index is 2.47. The molecule has 0 aliphatic carbocycles. The van der Waals surface area contributed by atoms with Crippen molar-refractivity contribution in [3.05, 3.63) is 40.1 Å². The molecule has 8 heteroatoms. The third-order valence-corrected chi connectivity index (χ3v) is 3.36. The van der Waals surface area contributed by atoms with Gasteiger partial charge in [-0.3, -0.25) is 0 Å². The minimum Gasteiger partial charge on any atom is -0.320 e. The van der Waals surface area contributed by atoms with Crippen LogP contribution in [0.1, 0.15) is 25.1 Å². The fourth-order valence-electron chi connectivity index (χ4n) is 1.56. The minimum absolute atomic E-state index is 0.0201. The Kier molecular flexibility index (Phi) is 3.64. The molecule has 1 aromatic carbocycles. The predicted octanol–water partition coefficient (Wildman–Crippen LogP) is 3.24. The second-order valence-corrected chi connectivity index (χ2v) is 5.79. The topological polar surface area (TPSA) is 56.7 Å². The first kappa shape index (κ1) is 15.0. The predicted molar refractivity (Wildman–Crippen MR) is 71.3 cm³/mol. The van der Waals surface area contributed by atoms with Gasteiger partial charge >= 0.3 is 6.18 Å². The van der Waals surface area contributed by atoms with Crippen LogP contribution in [0.15, 0.2) is 28.9 Å². The Labute approximate surface area is 121 Å². The molecule has 0 amide bonds. The first-order chi connectivity index (χ1) is 9.09. The Morgan fingerprint density at radius 2 is 1.90 bits per heavy atom. The highest BCUT2D eigenvalue weighted by Crippen LogP contribution is 2.35. The molecule has 1 aromatic heterocycles. The highest BCUT2D eigenvalue weighted by Gasteiger charge is 2.33. The third kappa shape index (κ3) is 3.01. The fourth-order valence-corrected chi connectivity index (χ4v) is 2.03. The van der Waals surface area contributed by atoms with Crippen molar-refractivity contribution in [1.82, 2.24) is 15.0 Å². The number of nitrogens with two attached hydrogens (primary N) is 1. The van der Waals surface area contributed by atoms with E-state index in [9.17, 15) is 13.2 Å². The number of aromatic nitrogens is 3. The molecule has 4 nitrogen and oxygen atoms in total. The van der Waals surface area contributed by atoms with Crippen LogP contribution in [0.2, 0.25) is 0 Å². The lowest BCUT2D eigenvalue weighted by Crippen LogP contribution is -2.29. The maximum Gasteiger partial charge on any atom is 0.417 e. The molecular formula is C12H12BrF3N4. The zero-order valence-electron chi connectivity index (χ0n) is 10.7. The lowest BCUT2D eigenvalue weighted by molar-refractivity contribution is -0.138. The summed E-state index contributed by atoms with van der Waals surface area (Å²) < 4.78 is 39.8. The number of rotatable bonds is 2. The van der Waals surface area contributed by atoms with E-state index in [0.717, 1.165) is 6.07 Å². The average Bonchev–Trinajstić information content (AvgIpc) is 2.77. The van der Waals surface area contributed by atoms with Crippen LogP contribution in [-0.4, -0.2) is 15.0 Å². The molecule has 2 aromatic rings. The zero-order valence-corrected chi connectivity index (χ0v) is 12.3. The second-order valence-electron chi connectivity index (χ2n) is 4.93. The standard InChI is InChI=1S/C12H12BrF3N4/c1-11(2,17)10-6-20(19-18-10)7-3-4-9(13)8(5-7)12(14,15)16/h3-6H,17H2,1-2H3. The SMILES string of the molecule is CC(C)(N)c1cn(-c2ccc(Br)c(C(F)(F)F)c2)nn1. The summed E-state index contributed by atoms with van der Waals surface area (Å²) in [6, 6.07) is 3.85. The first-order valence-corrected chi connectivity index (χ1v) is 6.47. The van der Waals surface area contributed by atoms with E-state index in [1.54, 1.807) is 13.8 Å². The molecule has 0 saturated carbocycles. The normalized spacial score (nSPS) is 12.8. The van der Waals surface area contributed by atoms with Crippen molar-refractivity contribution in [1.29, 1.82) is 0 Å². The maximum absolute atomic E-state index is 12.8. The van der Waals surface area contributed by atoms with Gasteiger partial charge in [-0.2, -0.15) is 13.2 Å². The van der Waals surface area contributed by atoms with Gasteiger partial charge in [0.1, 0.15) is 5.69 Å². The van der Waals surface area contributed by atoms with E-state index in [2.05, 4.69) is 26.2 Å². The summed E-state index contributed by atoms with van der Waals surface area (Å²) in [5.74, 6) is 0. The van der Waals surface area contributed by atoms with Gasteiger partial charge < -0.3 is 5.73 Å². The van der Waals surface area contributed by atoms with E-state index in [1.165, 1.54) is 23.0 Å². The van der Waals surface area contributed by atoms with E-state index >= 15 is 0 Å². The van der Waals surface area contributed by atoms with Crippen LogP contribution < -0.4 is 5.73 Å². The van der Waals surface area contributed by atoms with Gasteiger partial charge in [0.2, 0.25) is 0 Å². The van der Waals surface area contributed by atoms with Crippen LogP contribution in [0.25, 0.3) is 5.69 Å². The van der Waals surface area contributed by atoms with Crippen LogP contribution in [0.3, 0.4) is 0 Å². The van der Waals surface area contributed by atoms with Crippen molar-refractivity contribution < 1.29 is 13.2 Å². The second kappa shape index (κ2) is 4.85. The number of hydrogen-bond acceptors (Lipinski definition) is 3. The van der Waals surface area contributed by atoms with Gasteiger partial charge in [0, 0.05) is 4.47 Å². The van der Waals surface area contributed by atoms with Crippen molar-refractivity contribution in [3.63, 3.8) is 0 Å². The number of benzene rings is 1. The summed E-state index contributed by atoms with van der Waals surface area (Å²) in [6.45, 7) is 3.48. The monoisotopic (exact) mass is 348 g/mol. The lowest BCUT2D eigenvalue weighted by atomic mass is 10.0. The van der Waals surface area contributed by atoms with Crippen LogP contribution in [0.5, 0.6) is 0 Å². The highest BCUT2D eigenvalue weighted by molar-refractivity contribution is 9.10. The molecule has 0 radical (unpaired) electrons. The molecule has 0 saturated heterocycles. The van der Waals surface area contributed by atoms with Crippen LogP contribution in [0.4, 0.5) is 13.2 Å². The van der Waals surface area contributed by atoms with Gasteiger partial charge in [0.05, 0.1) is 23.0 Å². The van der Waals surface area contributed by atoms with Crippen molar-refractivity contribution in [3.8, 4) is 5.69 Å². The molecule has 20 heavy (non-hydrogen) atoms. The summed E-state index contributed by atoms with van der Waals surface area (Å²) in [4.78, 5) is 0. The fraction of sp³-hybridized carbons (Fsp3) is 0.333. The maximum atomic E-state index is 12.8. The summed E-state index contributed by atoms with van der Waals surface area (Å²) >= 11 is 2.89. The quantitative estimate of drug-likeness (QED) is 0.906. The zero-order chi connectivity index (χ0) is 15.1. The van der Waals surface area contributed by atoms with Crippen molar-refractivity contribution in [2.24, 2.45) is 5.73 Å². The molecule has 0 fully saturated rings. The largest absolute Gasteiger partial charge is 0.417 e. The Hall–Kier alpha value is -1.41. The smallest absolute Gasteiger partial charge is 0.320 e. The Morgan fingerprint density at radius 3 is 2.40 bits per heavy atom. The molecule has 0 aliphatic rings. The Morgan fingerprint density at radius 1 is 1.25 bits per heavy atom. The van der Waals surface area contributed by atoms with Crippen LogP contribution >= 0.6 is 15.9 Å². The summed E-state index contributed by atoms with van der Waals surface area (Å²) in [6.07, 6.45) is -2.92. The van der Waals surface area contributed by atoms with Crippen molar-refractivity contribution in [2.75, 3.05) is 0 Å². The average molecular weight is 349 g/mol. The summed E-state index contributed by atoms with van der Waals surface area (Å²) in [7, 11) is 0. The van der Waals surface area contributed by atoms with Crippen molar-refractivity contribution in [2.45, 2.75) is 25.6 Å². The highest BCUT2D eigenvalue weighted by atomic mass is 79.9. The molecule has 0 unspecified atom stereocenters. The first-order valence-electron chi connectivity index (χ1n) is 5.68. The van der Waals surface area contributed by atoms with Gasteiger partial charge in [-0.25, -0.2) is 4.68 Å². The molecule has 2 N–H and O–H groups in total. The number of alkyl halides is 3.